The minimum atomic E-state index is -0.623. The molecule has 1 heterocycles. The van der Waals surface area contributed by atoms with E-state index in [1.54, 1.807) is 11.8 Å². The molecule has 0 bridgehead atoms. The Morgan fingerprint density at radius 1 is 1.32 bits per heavy atom. The monoisotopic (exact) mass is 305 g/mol. The molecule has 0 spiro atoms. The third-order valence-electron chi connectivity index (χ3n) is 3.92. The number of piperidine rings is 1. The molecule has 5 nitrogen and oxygen atoms in total. The predicted molar refractivity (Wildman–Crippen MR) is 82.1 cm³/mol. The Bertz CT molecular complexity index is 503. The van der Waals surface area contributed by atoms with Gasteiger partial charge in [-0.3, -0.25) is 9.59 Å². The molecular formula is C17H23NO4. The number of hydrogen-bond acceptors (Lipinski definition) is 4. The molecule has 0 aliphatic carbocycles. The van der Waals surface area contributed by atoms with Gasteiger partial charge in [0.15, 0.2) is 6.10 Å². The van der Waals surface area contributed by atoms with E-state index in [0.29, 0.717) is 19.7 Å². The summed E-state index contributed by atoms with van der Waals surface area (Å²) in [6.45, 7) is 3.22. The summed E-state index contributed by atoms with van der Waals surface area (Å²) in [5.74, 6) is -0.540. The SMILES string of the molecule is CCOC(=O)[C@H]1CCCN(C(=O)[C@@H](OC)c2ccccc2)C1. The smallest absolute Gasteiger partial charge is 0.310 e. The number of ether oxygens (including phenoxy) is 2. The molecule has 1 amide bonds. The van der Waals surface area contributed by atoms with E-state index in [9.17, 15) is 9.59 Å². The lowest BCUT2D eigenvalue weighted by atomic mass is 9.97. The molecule has 1 aliphatic rings. The number of amides is 1. The lowest BCUT2D eigenvalue weighted by molar-refractivity contribution is -0.153. The van der Waals surface area contributed by atoms with Crippen molar-refractivity contribution in [1.82, 2.24) is 4.90 Å². The first-order valence-corrected chi connectivity index (χ1v) is 7.70. The number of benzene rings is 1. The highest BCUT2D eigenvalue weighted by molar-refractivity contribution is 5.83. The van der Waals surface area contributed by atoms with Crippen LogP contribution in [0.25, 0.3) is 0 Å². The van der Waals surface area contributed by atoms with Gasteiger partial charge in [-0.05, 0) is 25.3 Å². The van der Waals surface area contributed by atoms with E-state index in [1.165, 1.54) is 7.11 Å². The molecule has 120 valence electrons. The van der Waals surface area contributed by atoms with Crippen molar-refractivity contribution >= 4 is 11.9 Å². The van der Waals surface area contributed by atoms with Gasteiger partial charge in [-0.2, -0.15) is 0 Å². The van der Waals surface area contributed by atoms with Crippen LogP contribution in [0, 0.1) is 5.92 Å². The Morgan fingerprint density at radius 2 is 2.05 bits per heavy atom. The van der Waals surface area contributed by atoms with Crippen LogP contribution in [0.3, 0.4) is 0 Å². The summed E-state index contributed by atoms with van der Waals surface area (Å²) in [7, 11) is 1.53. The van der Waals surface area contributed by atoms with Gasteiger partial charge in [0.25, 0.3) is 5.91 Å². The number of carbonyl (C=O) groups excluding carboxylic acids is 2. The van der Waals surface area contributed by atoms with Crippen LogP contribution in [0.5, 0.6) is 0 Å². The van der Waals surface area contributed by atoms with Crippen molar-refractivity contribution in [3.8, 4) is 0 Å². The van der Waals surface area contributed by atoms with Crippen LogP contribution in [-0.2, 0) is 19.1 Å². The standard InChI is InChI=1S/C17H23NO4/c1-3-22-17(20)14-10-7-11-18(12-14)16(19)15(21-2)13-8-5-4-6-9-13/h4-6,8-9,14-15H,3,7,10-12H2,1-2H3/t14-,15-/m0/s1. The normalized spacial score (nSPS) is 19.5. The number of likely N-dealkylation sites (tertiary alicyclic amines) is 1. The fourth-order valence-electron chi connectivity index (χ4n) is 2.80. The van der Waals surface area contributed by atoms with Crippen molar-refractivity contribution < 1.29 is 19.1 Å². The van der Waals surface area contributed by atoms with Gasteiger partial charge in [0.05, 0.1) is 12.5 Å². The maximum Gasteiger partial charge on any atom is 0.310 e. The van der Waals surface area contributed by atoms with Crippen molar-refractivity contribution in [1.29, 1.82) is 0 Å². The number of carbonyl (C=O) groups is 2. The van der Waals surface area contributed by atoms with E-state index < -0.39 is 6.10 Å². The van der Waals surface area contributed by atoms with Gasteiger partial charge in [-0.1, -0.05) is 30.3 Å². The summed E-state index contributed by atoms with van der Waals surface area (Å²) in [6.07, 6.45) is 0.952. The van der Waals surface area contributed by atoms with Crippen LogP contribution >= 0.6 is 0 Å². The van der Waals surface area contributed by atoms with E-state index in [1.807, 2.05) is 30.3 Å². The molecule has 1 aromatic rings. The number of esters is 1. The van der Waals surface area contributed by atoms with Crippen LogP contribution in [-0.4, -0.2) is 43.6 Å². The Hall–Kier alpha value is -1.88. The molecule has 1 fully saturated rings. The van der Waals surface area contributed by atoms with Crippen molar-refractivity contribution in [3.63, 3.8) is 0 Å². The molecular weight excluding hydrogens is 282 g/mol. The highest BCUT2D eigenvalue weighted by Gasteiger charge is 2.33. The Labute approximate surface area is 131 Å². The minimum Gasteiger partial charge on any atom is -0.466 e. The third-order valence-corrected chi connectivity index (χ3v) is 3.92. The fraction of sp³-hybridized carbons (Fsp3) is 0.529. The van der Waals surface area contributed by atoms with E-state index in [4.69, 9.17) is 9.47 Å². The molecule has 0 radical (unpaired) electrons. The largest absolute Gasteiger partial charge is 0.466 e. The zero-order chi connectivity index (χ0) is 15.9. The molecule has 0 aromatic heterocycles. The molecule has 0 N–H and O–H groups in total. The van der Waals surface area contributed by atoms with E-state index in [-0.39, 0.29) is 17.8 Å². The molecule has 0 unspecified atom stereocenters. The van der Waals surface area contributed by atoms with Gasteiger partial charge in [-0.15, -0.1) is 0 Å². The first kappa shape index (κ1) is 16.5. The van der Waals surface area contributed by atoms with Crippen molar-refractivity contribution in [2.24, 2.45) is 5.92 Å². The molecule has 2 rings (SSSR count). The van der Waals surface area contributed by atoms with Crippen molar-refractivity contribution in [2.45, 2.75) is 25.9 Å². The first-order valence-electron chi connectivity index (χ1n) is 7.70. The van der Waals surface area contributed by atoms with Gasteiger partial charge in [0, 0.05) is 20.2 Å². The molecule has 1 aromatic carbocycles. The average Bonchev–Trinajstić information content (AvgIpc) is 2.57. The van der Waals surface area contributed by atoms with Crippen LogP contribution in [0.15, 0.2) is 30.3 Å². The van der Waals surface area contributed by atoms with Crippen molar-refractivity contribution in [3.05, 3.63) is 35.9 Å². The highest BCUT2D eigenvalue weighted by Crippen LogP contribution is 2.24. The van der Waals surface area contributed by atoms with Crippen LogP contribution in [0.2, 0.25) is 0 Å². The fourth-order valence-corrected chi connectivity index (χ4v) is 2.80. The maximum atomic E-state index is 12.7. The number of hydrogen-bond donors (Lipinski definition) is 0. The third kappa shape index (κ3) is 3.85. The summed E-state index contributed by atoms with van der Waals surface area (Å²) >= 11 is 0. The van der Waals surface area contributed by atoms with E-state index in [0.717, 1.165) is 18.4 Å². The summed E-state index contributed by atoms with van der Waals surface area (Å²) in [4.78, 5) is 26.3. The quantitative estimate of drug-likeness (QED) is 0.782. The van der Waals surface area contributed by atoms with Gasteiger partial charge in [0.2, 0.25) is 0 Å². The van der Waals surface area contributed by atoms with Gasteiger partial charge in [-0.25, -0.2) is 0 Å². The lowest BCUT2D eigenvalue weighted by Gasteiger charge is -2.33. The number of nitrogens with zero attached hydrogens (tertiary/aromatic N) is 1. The predicted octanol–water partition coefficient (Wildman–Crippen LogP) is 2.18. The summed E-state index contributed by atoms with van der Waals surface area (Å²) in [5, 5.41) is 0. The Kier molecular flexibility index (Phi) is 5.95. The molecule has 22 heavy (non-hydrogen) atoms. The first-order chi connectivity index (χ1) is 10.7. The Balaban J connectivity index is 2.06. The van der Waals surface area contributed by atoms with E-state index in [2.05, 4.69) is 0 Å². The minimum absolute atomic E-state index is 0.0947. The zero-order valence-electron chi connectivity index (χ0n) is 13.2. The molecule has 5 heteroatoms. The summed E-state index contributed by atoms with van der Waals surface area (Å²) in [5.41, 5.74) is 0.827. The molecule has 1 saturated heterocycles. The zero-order valence-corrected chi connectivity index (χ0v) is 13.2. The van der Waals surface area contributed by atoms with Crippen LogP contribution in [0.4, 0.5) is 0 Å². The molecule has 2 atom stereocenters. The van der Waals surface area contributed by atoms with Gasteiger partial charge in [0.1, 0.15) is 0 Å². The summed E-state index contributed by atoms with van der Waals surface area (Å²) in [6, 6.07) is 9.41. The van der Waals surface area contributed by atoms with Gasteiger partial charge < -0.3 is 14.4 Å². The van der Waals surface area contributed by atoms with Crippen LogP contribution in [0.1, 0.15) is 31.4 Å². The average molecular weight is 305 g/mol. The highest BCUT2D eigenvalue weighted by atomic mass is 16.5. The van der Waals surface area contributed by atoms with Gasteiger partial charge >= 0.3 is 5.97 Å². The topological polar surface area (TPSA) is 55.8 Å². The Morgan fingerprint density at radius 3 is 2.68 bits per heavy atom. The summed E-state index contributed by atoms with van der Waals surface area (Å²) < 4.78 is 10.5. The second kappa shape index (κ2) is 7.94. The second-order valence-corrected chi connectivity index (χ2v) is 5.40. The molecule has 1 aliphatic heterocycles. The van der Waals surface area contributed by atoms with Crippen molar-refractivity contribution in [2.75, 3.05) is 26.8 Å². The van der Waals surface area contributed by atoms with Crippen LogP contribution < -0.4 is 0 Å². The molecule has 0 saturated carbocycles. The number of methoxy groups -OCH3 is 1. The lowest BCUT2D eigenvalue weighted by Crippen LogP contribution is -2.45. The maximum absolute atomic E-state index is 12.7. The number of rotatable bonds is 5. The second-order valence-electron chi connectivity index (χ2n) is 5.40. The van der Waals surface area contributed by atoms with E-state index >= 15 is 0 Å².